The van der Waals surface area contributed by atoms with Crippen molar-refractivity contribution in [1.82, 2.24) is 9.80 Å². The van der Waals surface area contributed by atoms with Crippen molar-refractivity contribution < 1.29 is 14.3 Å². The lowest BCUT2D eigenvalue weighted by molar-refractivity contribution is -0.128. The second-order valence-electron chi connectivity index (χ2n) is 8.02. The van der Waals surface area contributed by atoms with Crippen LogP contribution in [0.1, 0.15) is 46.5 Å². The first-order valence-corrected chi connectivity index (χ1v) is 8.74. The fourth-order valence-corrected chi connectivity index (χ4v) is 3.84. The zero-order valence-electron chi connectivity index (χ0n) is 14.2. The molecule has 3 aliphatic rings. The number of fused-ring (bicyclic) bond motifs is 2. The summed E-state index contributed by atoms with van der Waals surface area (Å²) in [5.74, 6) is 0.751. The Kier molecular flexibility index (Phi) is 4.64. The fraction of sp³-hybridized carbons (Fsp3) is 0.941. The number of amides is 1. The molecule has 2 unspecified atom stereocenters. The van der Waals surface area contributed by atoms with Gasteiger partial charge in [0.25, 0.3) is 0 Å². The Morgan fingerprint density at radius 2 is 1.82 bits per heavy atom. The Balaban J connectivity index is 1.36. The van der Waals surface area contributed by atoms with Crippen molar-refractivity contribution in [2.24, 2.45) is 5.92 Å². The van der Waals surface area contributed by atoms with E-state index in [1.165, 1.54) is 19.4 Å². The van der Waals surface area contributed by atoms with Crippen LogP contribution in [0, 0.1) is 5.92 Å². The maximum Gasteiger partial charge on any atom is 0.410 e. The number of rotatable bonds is 3. The van der Waals surface area contributed by atoms with Crippen LogP contribution in [-0.2, 0) is 9.47 Å². The van der Waals surface area contributed by atoms with Gasteiger partial charge in [0.1, 0.15) is 5.60 Å². The molecule has 0 saturated carbocycles. The number of hydrogen-bond donors (Lipinski definition) is 0. The Bertz CT molecular complexity index is 385. The Morgan fingerprint density at radius 3 is 2.36 bits per heavy atom. The molecule has 3 saturated heterocycles. The van der Waals surface area contributed by atoms with Gasteiger partial charge in [0.05, 0.1) is 13.2 Å². The number of carbonyl (C=O) groups excluding carboxylic acids is 1. The molecule has 5 heteroatoms. The molecule has 0 aromatic heterocycles. The molecule has 0 N–H and O–H groups in total. The van der Waals surface area contributed by atoms with Gasteiger partial charge in [-0.2, -0.15) is 0 Å². The Labute approximate surface area is 133 Å². The van der Waals surface area contributed by atoms with E-state index in [0.717, 1.165) is 45.1 Å². The van der Waals surface area contributed by atoms with Crippen LogP contribution in [0.2, 0.25) is 0 Å². The molecule has 3 aliphatic heterocycles. The van der Waals surface area contributed by atoms with Gasteiger partial charge >= 0.3 is 6.09 Å². The zero-order chi connectivity index (χ0) is 15.7. The number of piperidine rings is 1. The predicted molar refractivity (Wildman–Crippen MR) is 84.9 cm³/mol. The fourth-order valence-electron chi connectivity index (χ4n) is 3.84. The SMILES string of the molecule is CC(C)(C)OC(=O)N1CCC(CCN2C3COCC2C3)CC1. The molecule has 3 heterocycles. The van der Waals surface area contributed by atoms with Crippen LogP contribution in [-0.4, -0.2) is 66.4 Å². The van der Waals surface area contributed by atoms with Gasteiger partial charge in [-0.1, -0.05) is 0 Å². The standard InChI is InChI=1S/C17H30N2O3/c1-17(2,3)22-16(20)18-7-4-13(5-8-18)6-9-19-14-10-15(19)12-21-11-14/h13-15H,4-12H2,1-3H3. The molecule has 2 bridgehead atoms. The van der Waals surface area contributed by atoms with Crippen molar-refractivity contribution in [1.29, 1.82) is 0 Å². The zero-order valence-corrected chi connectivity index (χ0v) is 14.2. The molecule has 5 nitrogen and oxygen atoms in total. The molecule has 2 atom stereocenters. The lowest BCUT2D eigenvalue weighted by atomic mass is 9.88. The topological polar surface area (TPSA) is 42.0 Å². The second kappa shape index (κ2) is 6.36. The van der Waals surface area contributed by atoms with Gasteiger partial charge in [-0.25, -0.2) is 4.79 Å². The molecule has 0 aromatic rings. The summed E-state index contributed by atoms with van der Waals surface area (Å²) in [6.45, 7) is 10.5. The largest absolute Gasteiger partial charge is 0.444 e. The maximum absolute atomic E-state index is 12.1. The van der Waals surface area contributed by atoms with Gasteiger partial charge in [0, 0.05) is 25.2 Å². The van der Waals surface area contributed by atoms with E-state index in [9.17, 15) is 4.79 Å². The van der Waals surface area contributed by atoms with Gasteiger partial charge in [-0.3, -0.25) is 4.90 Å². The lowest BCUT2D eigenvalue weighted by Crippen LogP contribution is -2.63. The smallest absolute Gasteiger partial charge is 0.410 e. The first-order chi connectivity index (χ1) is 10.4. The second-order valence-corrected chi connectivity index (χ2v) is 8.02. The summed E-state index contributed by atoms with van der Waals surface area (Å²) < 4.78 is 11.0. The lowest BCUT2D eigenvalue weighted by Gasteiger charge is -2.53. The van der Waals surface area contributed by atoms with E-state index in [-0.39, 0.29) is 6.09 Å². The third-order valence-corrected chi connectivity index (χ3v) is 5.16. The van der Waals surface area contributed by atoms with Crippen LogP contribution in [0.3, 0.4) is 0 Å². The first-order valence-electron chi connectivity index (χ1n) is 8.74. The highest BCUT2D eigenvalue weighted by molar-refractivity contribution is 5.68. The third-order valence-electron chi connectivity index (χ3n) is 5.16. The predicted octanol–water partition coefficient (Wildman–Crippen LogP) is 2.50. The molecule has 0 aliphatic carbocycles. The highest BCUT2D eigenvalue weighted by Crippen LogP contribution is 2.32. The van der Waals surface area contributed by atoms with Crippen molar-refractivity contribution in [3.63, 3.8) is 0 Å². The summed E-state index contributed by atoms with van der Waals surface area (Å²) in [5, 5.41) is 0. The molecule has 0 aromatic carbocycles. The summed E-state index contributed by atoms with van der Waals surface area (Å²) in [7, 11) is 0. The van der Waals surface area contributed by atoms with E-state index in [0.29, 0.717) is 12.1 Å². The van der Waals surface area contributed by atoms with Crippen molar-refractivity contribution in [3.05, 3.63) is 0 Å². The van der Waals surface area contributed by atoms with Gasteiger partial charge in [-0.05, 0) is 58.9 Å². The quantitative estimate of drug-likeness (QED) is 0.803. The third kappa shape index (κ3) is 3.74. The van der Waals surface area contributed by atoms with Gasteiger partial charge in [0.2, 0.25) is 0 Å². The van der Waals surface area contributed by atoms with Crippen LogP contribution in [0.4, 0.5) is 4.79 Å². The molecule has 126 valence electrons. The highest BCUT2D eigenvalue weighted by atomic mass is 16.6. The molecular formula is C17H30N2O3. The van der Waals surface area contributed by atoms with E-state index < -0.39 is 5.60 Å². The van der Waals surface area contributed by atoms with E-state index in [1.54, 1.807) is 0 Å². The number of likely N-dealkylation sites (tertiary alicyclic amines) is 1. The summed E-state index contributed by atoms with van der Waals surface area (Å²) >= 11 is 0. The number of carbonyl (C=O) groups is 1. The minimum Gasteiger partial charge on any atom is -0.444 e. The van der Waals surface area contributed by atoms with Crippen LogP contribution in [0.5, 0.6) is 0 Å². The van der Waals surface area contributed by atoms with E-state index in [2.05, 4.69) is 4.90 Å². The molecule has 22 heavy (non-hydrogen) atoms. The molecule has 1 amide bonds. The molecule has 0 spiro atoms. The van der Waals surface area contributed by atoms with Crippen molar-refractivity contribution in [2.75, 3.05) is 32.8 Å². The molecule has 3 rings (SSSR count). The monoisotopic (exact) mass is 310 g/mol. The first kappa shape index (κ1) is 16.1. The Hall–Kier alpha value is -0.810. The number of hydrogen-bond acceptors (Lipinski definition) is 4. The number of morpholine rings is 1. The summed E-state index contributed by atoms with van der Waals surface area (Å²) in [4.78, 5) is 16.6. The van der Waals surface area contributed by atoms with Crippen molar-refractivity contribution in [2.45, 2.75) is 64.1 Å². The average molecular weight is 310 g/mol. The van der Waals surface area contributed by atoms with Crippen LogP contribution >= 0.6 is 0 Å². The van der Waals surface area contributed by atoms with Gasteiger partial charge in [-0.15, -0.1) is 0 Å². The highest BCUT2D eigenvalue weighted by Gasteiger charge is 2.41. The van der Waals surface area contributed by atoms with E-state index in [4.69, 9.17) is 9.47 Å². The van der Waals surface area contributed by atoms with Crippen LogP contribution < -0.4 is 0 Å². The van der Waals surface area contributed by atoms with E-state index in [1.807, 2.05) is 25.7 Å². The molecule has 0 radical (unpaired) electrons. The van der Waals surface area contributed by atoms with Crippen molar-refractivity contribution >= 4 is 6.09 Å². The van der Waals surface area contributed by atoms with Gasteiger partial charge in [0.15, 0.2) is 0 Å². The minimum absolute atomic E-state index is 0.152. The Morgan fingerprint density at radius 1 is 1.18 bits per heavy atom. The summed E-state index contributed by atoms with van der Waals surface area (Å²) in [5.41, 5.74) is -0.398. The summed E-state index contributed by atoms with van der Waals surface area (Å²) in [6, 6.07) is 1.36. The average Bonchev–Trinajstić information content (AvgIpc) is 2.47. The molecular weight excluding hydrogens is 280 g/mol. The van der Waals surface area contributed by atoms with Crippen LogP contribution in [0.25, 0.3) is 0 Å². The van der Waals surface area contributed by atoms with Crippen molar-refractivity contribution in [3.8, 4) is 0 Å². The van der Waals surface area contributed by atoms with E-state index >= 15 is 0 Å². The molecule has 3 fully saturated rings. The number of ether oxygens (including phenoxy) is 2. The minimum atomic E-state index is -0.398. The summed E-state index contributed by atoms with van der Waals surface area (Å²) in [6.07, 6.45) is 4.66. The number of nitrogens with zero attached hydrogens (tertiary/aromatic N) is 2. The maximum atomic E-state index is 12.1. The van der Waals surface area contributed by atoms with Gasteiger partial charge < -0.3 is 14.4 Å². The normalized spacial score (nSPS) is 30.0. The van der Waals surface area contributed by atoms with Crippen LogP contribution in [0.15, 0.2) is 0 Å².